The van der Waals surface area contributed by atoms with Crippen LogP contribution in [0.1, 0.15) is 51.4 Å². The number of benzene rings is 2. The highest BCUT2D eigenvalue weighted by Gasteiger charge is 2.12. The molecule has 2 heterocycles. The zero-order chi connectivity index (χ0) is 21.6. The summed E-state index contributed by atoms with van der Waals surface area (Å²) in [5.74, 6) is 1.18. The largest absolute Gasteiger partial charge is 0.351 e. The quantitative estimate of drug-likeness (QED) is 0.335. The third-order valence-corrected chi connectivity index (χ3v) is 6.54. The zero-order valence-corrected chi connectivity index (χ0v) is 19.0. The molecular weight excluding hydrogens is 402 g/mol. The van der Waals surface area contributed by atoms with Crippen molar-refractivity contribution in [2.45, 2.75) is 46.1 Å². The molecule has 1 N–H and O–H groups in total. The van der Waals surface area contributed by atoms with Crippen molar-refractivity contribution in [3.8, 4) is 0 Å². The number of hydrogen-bond donors (Lipinski definition) is 1. The lowest BCUT2D eigenvalue weighted by Crippen LogP contribution is -2.23. The summed E-state index contributed by atoms with van der Waals surface area (Å²) in [6.07, 6.45) is 4.05. The van der Waals surface area contributed by atoms with Gasteiger partial charge in [0.1, 0.15) is 5.82 Å². The first-order valence-electron chi connectivity index (χ1n) is 10.9. The summed E-state index contributed by atoms with van der Waals surface area (Å²) in [5.41, 5.74) is 6.21. The minimum Gasteiger partial charge on any atom is -0.351 e. The molecule has 0 aliphatic carbocycles. The molecule has 31 heavy (non-hydrogen) atoms. The predicted molar refractivity (Wildman–Crippen MR) is 129 cm³/mol. The number of hydrogen-bond acceptors (Lipinski definition) is 3. The van der Waals surface area contributed by atoms with Gasteiger partial charge in [0, 0.05) is 19.5 Å². The Morgan fingerprint density at radius 2 is 1.90 bits per heavy atom. The maximum atomic E-state index is 12.0. The van der Waals surface area contributed by atoms with Gasteiger partial charge in [0.15, 0.2) is 0 Å². The molecule has 2 aromatic heterocycles. The Morgan fingerprint density at radius 1 is 1.03 bits per heavy atom. The summed E-state index contributed by atoms with van der Waals surface area (Å²) >= 11 is 1.48. The SMILES string of the molecule is Cc1ccc(C)c(Cn2c(CCCCCNC(=O)c3cccs3)nc3ccccc32)c1. The third kappa shape index (κ3) is 5.23. The Balaban J connectivity index is 1.38. The molecule has 0 fully saturated rings. The van der Waals surface area contributed by atoms with Gasteiger partial charge in [0.2, 0.25) is 0 Å². The molecule has 0 radical (unpaired) electrons. The molecule has 0 aliphatic heterocycles. The first kappa shape index (κ1) is 21.3. The van der Waals surface area contributed by atoms with E-state index in [4.69, 9.17) is 4.98 Å². The smallest absolute Gasteiger partial charge is 0.261 e. The molecule has 5 heteroatoms. The molecule has 4 nitrogen and oxygen atoms in total. The minimum absolute atomic E-state index is 0.0327. The maximum absolute atomic E-state index is 12.0. The van der Waals surface area contributed by atoms with Gasteiger partial charge in [-0.1, -0.05) is 48.4 Å². The van der Waals surface area contributed by atoms with Crippen LogP contribution >= 0.6 is 11.3 Å². The van der Waals surface area contributed by atoms with Gasteiger partial charge in [-0.15, -0.1) is 11.3 Å². The molecule has 0 spiro atoms. The fourth-order valence-electron chi connectivity index (χ4n) is 3.92. The fraction of sp³-hybridized carbons (Fsp3) is 0.308. The number of rotatable bonds is 9. The van der Waals surface area contributed by atoms with Gasteiger partial charge >= 0.3 is 0 Å². The first-order chi connectivity index (χ1) is 15.1. The Labute approximate surface area is 188 Å². The van der Waals surface area contributed by atoms with Crippen molar-refractivity contribution in [1.29, 1.82) is 0 Å². The van der Waals surface area contributed by atoms with Crippen LogP contribution in [-0.2, 0) is 13.0 Å². The van der Waals surface area contributed by atoms with Crippen LogP contribution in [0.4, 0.5) is 0 Å². The van der Waals surface area contributed by atoms with E-state index in [2.05, 4.69) is 66.2 Å². The number of aromatic nitrogens is 2. The van der Waals surface area contributed by atoms with Crippen molar-refractivity contribution < 1.29 is 4.79 Å². The number of nitrogens with zero attached hydrogens (tertiary/aromatic N) is 2. The lowest BCUT2D eigenvalue weighted by atomic mass is 10.1. The van der Waals surface area contributed by atoms with Crippen LogP contribution in [0.2, 0.25) is 0 Å². The monoisotopic (exact) mass is 431 g/mol. The minimum atomic E-state index is 0.0327. The highest BCUT2D eigenvalue weighted by atomic mass is 32.1. The van der Waals surface area contributed by atoms with E-state index >= 15 is 0 Å². The maximum Gasteiger partial charge on any atom is 0.261 e. The normalized spacial score (nSPS) is 11.2. The van der Waals surface area contributed by atoms with Crippen LogP contribution in [0.25, 0.3) is 11.0 Å². The van der Waals surface area contributed by atoms with Crippen LogP contribution in [0.3, 0.4) is 0 Å². The molecule has 1 amide bonds. The molecule has 0 saturated heterocycles. The van der Waals surface area contributed by atoms with Gasteiger partial charge in [0.25, 0.3) is 5.91 Å². The highest BCUT2D eigenvalue weighted by Crippen LogP contribution is 2.21. The average Bonchev–Trinajstić information content (AvgIpc) is 3.42. The van der Waals surface area contributed by atoms with E-state index in [1.54, 1.807) is 0 Å². The Hall–Kier alpha value is -2.92. The Bertz CT molecular complexity index is 1160. The Kier molecular flexibility index (Phi) is 6.82. The fourth-order valence-corrected chi connectivity index (χ4v) is 4.56. The molecule has 0 unspecified atom stereocenters. The number of nitrogens with one attached hydrogen (secondary N) is 1. The van der Waals surface area contributed by atoms with Crippen LogP contribution in [0.15, 0.2) is 60.0 Å². The van der Waals surface area contributed by atoms with Crippen molar-refractivity contribution in [3.05, 3.63) is 87.4 Å². The number of aryl methyl sites for hydroxylation is 3. The number of para-hydroxylation sites is 2. The zero-order valence-electron chi connectivity index (χ0n) is 18.2. The van der Waals surface area contributed by atoms with E-state index in [-0.39, 0.29) is 5.91 Å². The molecule has 0 bridgehead atoms. The summed E-state index contributed by atoms with van der Waals surface area (Å²) in [4.78, 5) is 17.7. The van der Waals surface area contributed by atoms with E-state index in [0.717, 1.165) is 55.0 Å². The van der Waals surface area contributed by atoms with Gasteiger partial charge in [-0.3, -0.25) is 4.79 Å². The van der Waals surface area contributed by atoms with Crippen molar-refractivity contribution in [3.63, 3.8) is 0 Å². The molecule has 0 aliphatic rings. The van der Waals surface area contributed by atoms with Gasteiger partial charge in [-0.25, -0.2) is 4.98 Å². The van der Waals surface area contributed by atoms with E-state index in [9.17, 15) is 4.79 Å². The van der Waals surface area contributed by atoms with E-state index in [0.29, 0.717) is 0 Å². The second-order valence-corrected chi connectivity index (χ2v) is 9.02. The number of carbonyl (C=O) groups is 1. The summed E-state index contributed by atoms with van der Waals surface area (Å²) in [5, 5.41) is 4.94. The number of amides is 1. The van der Waals surface area contributed by atoms with Crippen molar-refractivity contribution in [1.82, 2.24) is 14.9 Å². The molecule has 160 valence electrons. The molecule has 2 aromatic carbocycles. The molecule has 4 aromatic rings. The van der Waals surface area contributed by atoms with E-state index < -0.39 is 0 Å². The lowest BCUT2D eigenvalue weighted by molar-refractivity contribution is 0.0957. The summed E-state index contributed by atoms with van der Waals surface area (Å²) in [6, 6.07) is 18.8. The van der Waals surface area contributed by atoms with Crippen LogP contribution in [-0.4, -0.2) is 22.0 Å². The van der Waals surface area contributed by atoms with E-state index in [1.165, 1.54) is 33.5 Å². The average molecular weight is 432 g/mol. The molecule has 4 rings (SSSR count). The number of fused-ring (bicyclic) bond motifs is 1. The van der Waals surface area contributed by atoms with Crippen LogP contribution in [0, 0.1) is 13.8 Å². The Morgan fingerprint density at radius 3 is 2.74 bits per heavy atom. The van der Waals surface area contributed by atoms with E-state index in [1.807, 2.05) is 17.5 Å². The van der Waals surface area contributed by atoms with Crippen LogP contribution in [0.5, 0.6) is 0 Å². The summed E-state index contributed by atoms with van der Waals surface area (Å²) in [6.45, 7) is 5.89. The van der Waals surface area contributed by atoms with Gasteiger partial charge < -0.3 is 9.88 Å². The van der Waals surface area contributed by atoms with Gasteiger partial charge in [-0.05, 0) is 61.4 Å². The standard InChI is InChI=1S/C26H29N3OS/c1-19-13-14-20(2)21(17-19)18-29-23-10-6-5-9-22(23)28-25(29)12-4-3-7-15-27-26(30)24-11-8-16-31-24/h5-6,8-11,13-14,16-17H,3-4,7,12,15,18H2,1-2H3,(H,27,30). The van der Waals surface area contributed by atoms with Gasteiger partial charge in [-0.2, -0.15) is 0 Å². The lowest BCUT2D eigenvalue weighted by Gasteiger charge is -2.12. The van der Waals surface area contributed by atoms with Crippen molar-refractivity contribution in [2.24, 2.45) is 0 Å². The highest BCUT2D eigenvalue weighted by molar-refractivity contribution is 7.12. The predicted octanol–water partition coefficient (Wildman–Crippen LogP) is 5.91. The van der Waals surface area contributed by atoms with Crippen molar-refractivity contribution >= 4 is 28.3 Å². The molecular formula is C26H29N3OS. The summed E-state index contributed by atoms with van der Waals surface area (Å²) < 4.78 is 2.37. The number of carbonyl (C=O) groups excluding carboxylic acids is 1. The third-order valence-electron chi connectivity index (χ3n) is 5.67. The number of thiophene rings is 1. The molecule has 0 saturated carbocycles. The van der Waals surface area contributed by atoms with Crippen LogP contribution < -0.4 is 5.32 Å². The number of unbranched alkanes of at least 4 members (excludes halogenated alkanes) is 2. The number of imidazole rings is 1. The summed E-state index contributed by atoms with van der Waals surface area (Å²) in [7, 11) is 0. The molecule has 0 atom stereocenters. The van der Waals surface area contributed by atoms with Gasteiger partial charge in [0.05, 0.1) is 15.9 Å². The second-order valence-electron chi connectivity index (χ2n) is 8.08. The second kappa shape index (κ2) is 9.92. The first-order valence-corrected chi connectivity index (χ1v) is 11.8. The van der Waals surface area contributed by atoms with Crippen molar-refractivity contribution in [2.75, 3.05) is 6.54 Å². The topological polar surface area (TPSA) is 46.9 Å².